The molecule has 0 unspecified atom stereocenters. The number of anilines is 1. The molecule has 5 heterocycles. The van der Waals surface area contributed by atoms with Crippen LogP contribution in [0.3, 0.4) is 0 Å². The van der Waals surface area contributed by atoms with Gasteiger partial charge in [0.25, 0.3) is 11.8 Å². The highest BCUT2D eigenvalue weighted by Gasteiger charge is 2.54. The summed E-state index contributed by atoms with van der Waals surface area (Å²) in [6.45, 7) is 0.238. The molecule has 5 rings (SSSR count). The highest BCUT2D eigenvalue weighted by Crippen LogP contribution is 2.40. The Bertz CT molecular complexity index is 1550. The molecule has 0 spiro atoms. The zero-order chi connectivity index (χ0) is 26.3. The number of carboxylic acid groups (broad SMARTS) is 1. The molecule has 188 valence electrons. The number of nitrogens with two attached hydrogens (primary N) is 1. The van der Waals surface area contributed by atoms with Gasteiger partial charge in [-0.1, -0.05) is 5.16 Å². The normalized spacial score (nSPS) is 19.3. The summed E-state index contributed by atoms with van der Waals surface area (Å²) in [6.07, 6.45) is 5.26. The van der Waals surface area contributed by atoms with Crippen molar-refractivity contribution in [2.75, 3.05) is 18.6 Å². The number of hydrogen-bond donors (Lipinski definition) is 3. The molecule has 15 heteroatoms. The summed E-state index contributed by atoms with van der Waals surface area (Å²) in [5.41, 5.74) is 7.41. The average molecular weight is 540 g/mol. The maximum Gasteiger partial charge on any atom is 0.352 e. The molecule has 2 amide bonds. The molecule has 37 heavy (non-hydrogen) atoms. The minimum atomic E-state index is -1.23. The molecule has 4 N–H and O–H groups in total. The number of aliphatic carboxylic acids is 1. The molecule has 3 aromatic rings. The van der Waals surface area contributed by atoms with Crippen LogP contribution >= 0.6 is 23.1 Å². The van der Waals surface area contributed by atoms with Crippen LogP contribution in [0.1, 0.15) is 11.4 Å². The van der Waals surface area contributed by atoms with E-state index < -0.39 is 29.2 Å². The van der Waals surface area contributed by atoms with Crippen LogP contribution in [0, 0.1) is 11.3 Å². The lowest BCUT2D eigenvalue weighted by atomic mass is 10.0. The van der Waals surface area contributed by atoms with E-state index in [1.165, 1.54) is 23.8 Å². The Labute approximate surface area is 217 Å². The molecule has 0 bridgehead atoms. The van der Waals surface area contributed by atoms with Gasteiger partial charge in [0.05, 0.1) is 6.20 Å². The van der Waals surface area contributed by atoms with Crippen molar-refractivity contribution in [2.45, 2.75) is 18.0 Å². The summed E-state index contributed by atoms with van der Waals surface area (Å²) < 4.78 is 3.52. The van der Waals surface area contributed by atoms with Crippen molar-refractivity contribution in [1.82, 2.24) is 19.6 Å². The number of nitriles is 1. The van der Waals surface area contributed by atoms with Gasteiger partial charge in [0.15, 0.2) is 29.8 Å². The molecule has 0 radical (unpaired) electrons. The molecule has 0 aliphatic carbocycles. The fourth-order valence-electron chi connectivity index (χ4n) is 4.22. The second kappa shape index (κ2) is 9.56. The summed E-state index contributed by atoms with van der Waals surface area (Å²) in [6, 6.07) is 4.65. The largest absolute Gasteiger partial charge is 0.477 e. The number of β-lactam (4-membered cyclic amide) rings is 1. The number of carboxylic acids is 1. The van der Waals surface area contributed by atoms with Crippen molar-refractivity contribution in [1.29, 1.82) is 5.26 Å². The third-order valence-electron chi connectivity index (χ3n) is 5.84. The van der Waals surface area contributed by atoms with Crippen LogP contribution in [0.15, 0.2) is 52.5 Å². The number of nitrogens with one attached hydrogen (secondary N) is 1. The van der Waals surface area contributed by atoms with Gasteiger partial charge in [0.1, 0.15) is 47.2 Å². The number of thiazole rings is 1. The number of nitrogen functional groups attached to an aromatic ring is 1. The number of carbonyl (C=O) groups is 3. The van der Waals surface area contributed by atoms with Gasteiger partial charge in [0.2, 0.25) is 0 Å². The van der Waals surface area contributed by atoms with E-state index in [4.69, 9.17) is 10.6 Å². The van der Waals surface area contributed by atoms with Crippen LogP contribution in [0.5, 0.6) is 0 Å². The molecule has 1 saturated heterocycles. The monoisotopic (exact) mass is 539 g/mol. The highest BCUT2D eigenvalue weighted by molar-refractivity contribution is 8.00. The Balaban J connectivity index is 1.36. The van der Waals surface area contributed by atoms with Crippen LogP contribution in [-0.2, 0) is 25.8 Å². The van der Waals surface area contributed by atoms with E-state index in [-0.39, 0.29) is 28.8 Å². The smallest absolute Gasteiger partial charge is 0.352 e. The molecule has 13 nitrogen and oxygen atoms in total. The standard InChI is InChI=1S/C22H18N8O5S2/c1-35-27-15(14-10-37-22(24)25-14)18(31)26-16-19(32)30-17(21(33)34)11(9-36-20(16)30)7-28-4-5-29-12(6-23)2-3-13(29)8-28/h2-5,8,10,16,20H,7,9H2,1H3,(H3-,24,25,26,31,33,34)/p+1/b27-15-/t16-,20-/m1/s1. The fourth-order valence-corrected chi connectivity index (χ4v) is 6.10. The molecule has 2 aliphatic rings. The lowest BCUT2D eigenvalue weighted by Crippen LogP contribution is -2.71. The van der Waals surface area contributed by atoms with Gasteiger partial charge in [-0.2, -0.15) is 9.83 Å². The number of oxime groups is 1. The molecule has 3 aromatic heterocycles. The number of thioether (sulfide) groups is 1. The number of nitrogens with zero attached hydrogens (tertiary/aromatic N) is 6. The molecule has 2 atom stereocenters. The number of hydrogen-bond acceptors (Lipinski definition) is 10. The van der Waals surface area contributed by atoms with Gasteiger partial charge in [-0.15, -0.1) is 23.1 Å². The van der Waals surface area contributed by atoms with Crippen molar-refractivity contribution >= 4 is 57.2 Å². The van der Waals surface area contributed by atoms with Gasteiger partial charge < -0.3 is 21.0 Å². The lowest BCUT2D eigenvalue weighted by Gasteiger charge is -2.49. The third-order valence-corrected chi connectivity index (χ3v) is 7.86. The molecule has 1 fully saturated rings. The Morgan fingerprint density at radius 2 is 2.27 bits per heavy atom. The van der Waals surface area contributed by atoms with E-state index in [0.717, 1.165) is 16.9 Å². The summed E-state index contributed by atoms with van der Waals surface area (Å²) in [5, 5.41) is 26.7. The number of amides is 2. The minimum absolute atomic E-state index is 0.0993. The highest BCUT2D eigenvalue weighted by atomic mass is 32.2. The molecule has 0 aromatic carbocycles. The quantitative estimate of drug-likeness (QED) is 0.160. The van der Waals surface area contributed by atoms with E-state index in [1.807, 2.05) is 0 Å². The SMILES string of the molecule is CO/N=C(\C(=O)N[C@@H]1C(=O)N2C(C(=O)O)=C(C[n+]3ccn4c(C#N)ccc4c3)CS[C@H]12)c1csc(N)n1. The molecular weight excluding hydrogens is 520 g/mol. The van der Waals surface area contributed by atoms with E-state index in [9.17, 15) is 24.8 Å². The first-order valence-electron chi connectivity index (χ1n) is 10.8. The van der Waals surface area contributed by atoms with E-state index >= 15 is 0 Å². The Kier molecular flexibility index (Phi) is 6.27. The van der Waals surface area contributed by atoms with Crippen LogP contribution in [0.2, 0.25) is 0 Å². The number of fused-ring (bicyclic) bond motifs is 2. The number of carbonyl (C=O) groups excluding carboxylic acids is 2. The molecule has 0 saturated carbocycles. The predicted octanol–water partition coefficient (Wildman–Crippen LogP) is -0.0735. The number of aromatic nitrogens is 3. The van der Waals surface area contributed by atoms with Crippen LogP contribution in [-0.4, -0.2) is 67.2 Å². The van der Waals surface area contributed by atoms with Crippen molar-refractivity contribution in [3.8, 4) is 6.07 Å². The Morgan fingerprint density at radius 1 is 1.46 bits per heavy atom. The summed E-state index contributed by atoms with van der Waals surface area (Å²) in [4.78, 5) is 48.1. The topological polar surface area (TPSA) is 179 Å². The van der Waals surface area contributed by atoms with Crippen molar-refractivity contribution < 1.29 is 28.9 Å². The van der Waals surface area contributed by atoms with Crippen LogP contribution in [0.25, 0.3) is 5.52 Å². The summed E-state index contributed by atoms with van der Waals surface area (Å²) in [7, 11) is 1.27. The first-order valence-corrected chi connectivity index (χ1v) is 12.7. The van der Waals surface area contributed by atoms with Gasteiger partial charge in [-0.25, -0.2) is 9.78 Å². The van der Waals surface area contributed by atoms with Crippen molar-refractivity contribution in [3.63, 3.8) is 0 Å². The zero-order valence-electron chi connectivity index (χ0n) is 19.2. The fraction of sp³-hybridized carbons (Fsp3) is 0.227. The first-order chi connectivity index (χ1) is 17.8. The van der Waals surface area contributed by atoms with Gasteiger partial charge in [-0.05, 0) is 12.1 Å². The van der Waals surface area contributed by atoms with Gasteiger partial charge >= 0.3 is 5.97 Å². The Morgan fingerprint density at radius 3 is 2.95 bits per heavy atom. The minimum Gasteiger partial charge on any atom is -0.477 e. The van der Waals surface area contributed by atoms with Crippen LogP contribution in [0.4, 0.5) is 5.13 Å². The number of rotatable bonds is 7. The molecule has 2 aliphatic heterocycles. The molecular formula is C22H19N8O5S2+. The summed E-state index contributed by atoms with van der Waals surface area (Å²) in [5.74, 6) is -2.12. The van der Waals surface area contributed by atoms with Gasteiger partial charge in [0, 0.05) is 16.7 Å². The van der Waals surface area contributed by atoms with E-state index in [2.05, 4.69) is 21.5 Å². The lowest BCUT2D eigenvalue weighted by molar-refractivity contribution is -0.688. The predicted molar refractivity (Wildman–Crippen MR) is 132 cm³/mol. The maximum atomic E-state index is 13.0. The van der Waals surface area contributed by atoms with Gasteiger partial charge in [-0.3, -0.25) is 18.9 Å². The van der Waals surface area contributed by atoms with E-state index in [0.29, 0.717) is 17.0 Å². The van der Waals surface area contributed by atoms with E-state index in [1.54, 1.807) is 45.1 Å². The second-order valence-electron chi connectivity index (χ2n) is 8.04. The van der Waals surface area contributed by atoms with Crippen molar-refractivity contribution in [2.24, 2.45) is 5.16 Å². The van der Waals surface area contributed by atoms with Crippen LogP contribution < -0.4 is 15.6 Å². The first kappa shape index (κ1) is 24.3. The zero-order valence-corrected chi connectivity index (χ0v) is 20.8. The second-order valence-corrected chi connectivity index (χ2v) is 10.0. The summed E-state index contributed by atoms with van der Waals surface area (Å²) >= 11 is 2.48. The average Bonchev–Trinajstić information content (AvgIpc) is 3.50. The van der Waals surface area contributed by atoms with Crippen molar-refractivity contribution in [3.05, 3.63) is 58.8 Å². The third kappa shape index (κ3) is 4.26. The Hall–Kier alpha value is -4.42. The maximum absolute atomic E-state index is 13.0.